The minimum Gasteiger partial charge on any atom is -0.387 e. The summed E-state index contributed by atoms with van der Waals surface area (Å²) in [4.78, 5) is 3.92. The van der Waals surface area contributed by atoms with E-state index in [-0.39, 0.29) is 0 Å². The minimum absolute atomic E-state index is 0.410. The quantitative estimate of drug-likeness (QED) is 0.870. The minimum atomic E-state index is -0.498. The second-order valence-electron chi connectivity index (χ2n) is 3.90. The molecule has 0 spiro atoms. The highest BCUT2D eigenvalue weighted by Crippen LogP contribution is 2.15. The van der Waals surface area contributed by atoms with Crippen LogP contribution in [-0.4, -0.2) is 14.7 Å². The van der Waals surface area contributed by atoms with E-state index in [1.54, 1.807) is 19.2 Å². The van der Waals surface area contributed by atoms with Gasteiger partial charge in [0, 0.05) is 24.6 Å². The van der Waals surface area contributed by atoms with Crippen LogP contribution in [0.15, 0.2) is 36.7 Å². The molecule has 2 rings (SSSR count). The summed E-state index contributed by atoms with van der Waals surface area (Å²) in [5.41, 5.74) is 2.27. The fraction of sp³-hybridized carbons (Fsp3) is 0.231. The highest BCUT2D eigenvalue weighted by molar-refractivity contribution is 5.26. The molecule has 0 aliphatic carbocycles. The molecule has 86 valence electrons. The summed E-state index contributed by atoms with van der Waals surface area (Å²) in [5.74, 6) is 0. The first kappa shape index (κ1) is 11.4. The zero-order valence-corrected chi connectivity index (χ0v) is 9.54. The molecule has 1 atom stereocenters. The molecule has 0 aliphatic rings. The van der Waals surface area contributed by atoms with E-state index in [1.807, 2.05) is 35.0 Å². The molecule has 2 heterocycles. The molecule has 1 N–H and O–H groups in total. The van der Waals surface area contributed by atoms with Crippen LogP contribution in [0.25, 0.3) is 0 Å². The maximum absolute atomic E-state index is 9.59. The average Bonchev–Trinajstić information content (AvgIpc) is 2.77. The van der Waals surface area contributed by atoms with E-state index in [9.17, 15) is 5.11 Å². The van der Waals surface area contributed by atoms with E-state index in [4.69, 9.17) is 5.26 Å². The van der Waals surface area contributed by atoms with Gasteiger partial charge >= 0.3 is 0 Å². The Hall–Kier alpha value is -2.12. The van der Waals surface area contributed by atoms with Crippen LogP contribution in [0.2, 0.25) is 0 Å². The van der Waals surface area contributed by atoms with Crippen molar-refractivity contribution in [2.75, 3.05) is 0 Å². The highest BCUT2D eigenvalue weighted by atomic mass is 16.3. The predicted molar refractivity (Wildman–Crippen MR) is 63.1 cm³/mol. The molecule has 2 aromatic rings. The largest absolute Gasteiger partial charge is 0.387 e. The van der Waals surface area contributed by atoms with Gasteiger partial charge in [-0.05, 0) is 36.8 Å². The van der Waals surface area contributed by atoms with E-state index in [0.29, 0.717) is 12.2 Å². The van der Waals surface area contributed by atoms with Gasteiger partial charge < -0.3 is 9.67 Å². The third-order valence-corrected chi connectivity index (χ3v) is 2.58. The molecular formula is C13H13N3O. The van der Waals surface area contributed by atoms with Gasteiger partial charge in [0.15, 0.2) is 0 Å². The van der Waals surface area contributed by atoms with Gasteiger partial charge in [0.05, 0.1) is 6.10 Å². The Bertz CT molecular complexity index is 552. The number of aliphatic hydroxyl groups is 1. The first-order valence-electron chi connectivity index (χ1n) is 5.39. The van der Waals surface area contributed by atoms with Crippen LogP contribution in [0.3, 0.4) is 0 Å². The second kappa shape index (κ2) is 4.81. The van der Waals surface area contributed by atoms with Crippen molar-refractivity contribution >= 4 is 0 Å². The van der Waals surface area contributed by atoms with Crippen molar-refractivity contribution in [1.82, 2.24) is 9.55 Å². The molecule has 4 nitrogen and oxygen atoms in total. The van der Waals surface area contributed by atoms with E-state index >= 15 is 0 Å². The zero-order chi connectivity index (χ0) is 12.3. The van der Waals surface area contributed by atoms with Crippen molar-refractivity contribution in [3.8, 4) is 6.07 Å². The normalized spacial score (nSPS) is 12.1. The molecule has 0 amide bonds. The van der Waals surface area contributed by atoms with E-state index in [2.05, 4.69) is 4.98 Å². The molecule has 0 bridgehead atoms. The molecule has 2 aromatic heterocycles. The molecule has 0 aromatic carbocycles. The lowest BCUT2D eigenvalue weighted by atomic mass is 10.2. The summed E-state index contributed by atoms with van der Waals surface area (Å²) in [7, 11) is 0. The summed E-state index contributed by atoms with van der Waals surface area (Å²) >= 11 is 0. The topological polar surface area (TPSA) is 61.8 Å². The number of hydrogen-bond acceptors (Lipinski definition) is 3. The van der Waals surface area contributed by atoms with Crippen LogP contribution in [-0.2, 0) is 6.54 Å². The van der Waals surface area contributed by atoms with Crippen LogP contribution in [0.4, 0.5) is 0 Å². The lowest BCUT2D eigenvalue weighted by Crippen LogP contribution is -2.06. The van der Waals surface area contributed by atoms with Gasteiger partial charge in [0.2, 0.25) is 0 Å². The number of nitrogens with zero attached hydrogens (tertiary/aromatic N) is 3. The fourth-order valence-corrected chi connectivity index (χ4v) is 1.78. The summed E-state index contributed by atoms with van der Waals surface area (Å²) in [6.07, 6.45) is 3.04. The third-order valence-electron chi connectivity index (χ3n) is 2.58. The van der Waals surface area contributed by atoms with Gasteiger partial charge in [0.1, 0.15) is 11.8 Å². The van der Waals surface area contributed by atoms with Crippen molar-refractivity contribution in [2.45, 2.75) is 19.6 Å². The molecule has 1 unspecified atom stereocenters. The van der Waals surface area contributed by atoms with Crippen LogP contribution in [0.1, 0.15) is 30.0 Å². The Morgan fingerprint density at radius 1 is 1.53 bits per heavy atom. The number of aromatic nitrogens is 2. The number of hydrogen-bond donors (Lipinski definition) is 1. The second-order valence-corrected chi connectivity index (χ2v) is 3.90. The molecule has 17 heavy (non-hydrogen) atoms. The Morgan fingerprint density at radius 2 is 2.35 bits per heavy atom. The summed E-state index contributed by atoms with van der Waals surface area (Å²) in [5, 5.41) is 18.4. The first-order valence-corrected chi connectivity index (χ1v) is 5.39. The predicted octanol–water partition coefficient (Wildman–Crippen LogP) is 1.86. The van der Waals surface area contributed by atoms with Gasteiger partial charge in [0.25, 0.3) is 0 Å². The fourth-order valence-electron chi connectivity index (χ4n) is 1.78. The maximum Gasteiger partial charge on any atom is 0.140 e. The SMILES string of the molecule is CC(O)c1cccn1Cc1ccnc(C#N)c1. The van der Waals surface area contributed by atoms with E-state index in [0.717, 1.165) is 11.3 Å². The van der Waals surface area contributed by atoms with Crippen LogP contribution in [0, 0.1) is 11.3 Å². The Morgan fingerprint density at radius 3 is 3.06 bits per heavy atom. The summed E-state index contributed by atoms with van der Waals surface area (Å²) in [6, 6.07) is 9.42. The van der Waals surface area contributed by atoms with E-state index in [1.165, 1.54) is 0 Å². The number of rotatable bonds is 3. The Kier molecular flexibility index (Phi) is 3.22. The molecule has 4 heteroatoms. The highest BCUT2D eigenvalue weighted by Gasteiger charge is 2.07. The van der Waals surface area contributed by atoms with Crippen molar-refractivity contribution in [3.63, 3.8) is 0 Å². The van der Waals surface area contributed by atoms with Crippen LogP contribution >= 0.6 is 0 Å². The summed E-state index contributed by atoms with van der Waals surface area (Å²) < 4.78 is 1.96. The third kappa shape index (κ3) is 2.52. The van der Waals surface area contributed by atoms with E-state index < -0.39 is 6.10 Å². The van der Waals surface area contributed by atoms with Gasteiger partial charge in [-0.2, -0.15) is 5.26 Å². The van der Waals surface area contributed by atoms with Crippen LogP contribution in [0.5, 0.6) is 0 Å². The molecule has 0 aliphatic heterocycles. The molecule has 0 radical (unpaired) electrons. The van der Waals surface area contributed by atoms with Crippen molar-refractivity contribution in [2.24, 2.45) is 0 Å². The van der Waals surface area contributed by atoms with Crippen molar-refractivity contribution in [3.05, 3.63) is 53.6 Å². The monoisotopic (exact) mass is 227 g/mol. The van der Waals surface area contributed by atoms with Crippen molar-refractivity contribution < 1.29 is 5.11 Å². The smallest absolute Gasteiger partial charge is 0.140 e. The van der Waals surface area contributed by atoms with Crippen LogP contribution < -0.4 is 0 Å². The number of pyridine rings is 1. The maximum atomic E-state index is 9.59. The Balaban J connectivity index is 2.26. The lowest BCUT2D eigenvalue weighted by molar-refractivity contribution is 0.190. The number of nitriles is 1. The molecule has 0 saturated heterocycles. The lowest BCUT2D eigenvalue weighted by Gasteiger charge is -2.11. The number of aliphatic hydroxyl groups excluding tert-OH is 1. The molecule has 0 fully saturated rings. The molecule has 0 saturated carbocycles. The standard InChI is InChI=1S/C13H13N3O/c1-10(17)13-3-2-6-16(13)9-11-4-5-15-12(7-11)8-14/h2-7,10,17H,9H2,1H3. The molecular weight excluding hydrogens is 214 g/mol. The van der Waals surface area contributed by atoms with Gasteiger partial charge in [-0.1, -0.05) is 0 Å². The van der Waals surface area contributed by atoms with Gasteiger partial charge in [-0.3, -0.25) is 0 Å². The average molecular weight is 227 g/mol. The summed E-state index contributed by atoms with van der Waals surface area (Å²) in [6.45, 7) is 2.36. The Labute approximate surface area is 99.8 Å². The first-order chi connectivity index (χ1) is 8.20. The zero-order valence-electron chi connectivity index (χ0n) is 9.54. The van der Waals surface area contributed by atoms with Crippen molar-refractivity contribution in [1.29, 1.82) is 5.26 Å². The van der Waals surface area contributed by atoms with Gasteiger partial charge in [-0.25, -0.2) is 4.98 Å². The van der Waals surface area contributed by atoms with Gasteiger partial charge in [-0.15, -0.1) is 0 Å².